The molecule has 0 aromatic rings. The first-order valence-electron chi connectivity index (χ1n) is 4.63. The molecule has 0 aliphatic heterocycles. The van der Waals surface area contributed by atoms with Gasteiger partial charge in [-0.3, -0.25) is 4.79 Å². The normalized spacial score (nSPS) is 11.6. The summed E-state index contributed by atoms with van der Waals surface area (Å²) < 4.78 is 0. The Balaban J connectivity index is 3.88. The fraction of sp³-hybridized carbons (Fsp3) is 0.889. The number of carboxylic acids is 1. The lowest BCUT2D eigenvalue weighted by atomic mass is 9.83. The van der Waals surface area contributed by atoms with Gasteiger partial charge in [-0.15, -0.1) is 0 Å². The molecule has 4 heteroatoms. The fourth-order valence-corrected chi connectivity index (χ4v) is 1.21. The van der Waals surface area contributed by atoms with Crippen LogP contribution < -0.4 is 5.32 Å². The molecule has 0 aromatic carbocycles. The van der Waals surface area contributed by atoms with Crippen LogP contribution in [0.1, 0.15) is 26.7 Å². The van der Waals surface area contributed by atoms with Crippen molar-refractivity contribution >= 4 is 5.97 Å². The first kappa shape index (κ1) is 12.4. The lowest BCUT2D eigenvalue weighted by Gasteiger charge is -2.29. The van der Waals surface area contributed by atoms with Gasteiger partial charge < -0.3 is 15.5 Å². The molecule has 0 saturated carbocycles. The van der Waals surface area contributed by atoms with Crippen molar-refractivity contribution in [2.75, 3.05) is 19.7 Å². The van der Waals surface area contributed by atoms with Crippen LogP contribution in [0.15, 0.2) is 0 Å². The van der Waals surface area contributed by atoms with Crippen molar-refractivity contribution in [3.8, 4) is 0 Å². The molecule has 78 valence electrons. The van der Waals surface area contributed by atoms with E-state index in [4.69, 9.17) is 10.2 Å². The predicted molar refractivity (Wildman–Crippen MR) is 50.6 cm³/mol. The van der Waals surface area contributed by atoms with E-state index in [-0.39, 0.29) is 18.6 Å². The average molecular weight is 189 g/mol. The number of hydrogen-bond donors (Lipinski definition) is 3. The Bertz CT molecular complexity index is 147. The number of carbonyl (C=O) groups is 1. The van der Waals surface area contributed by atoms with E-state index in [1.165, 1.54) is 0 Å². The van der Waals surface area contributed by atoms with Gasteiger partial charge in [0, 0.05) is 18.6 Å². The Labute approximate surface area is 79.0 Å². The van der Waals surface area contributed by atoms with Crippen LogP contribution in [0.3, 0.4) is 0 Å². The molecule has 4 nitrogen and oxygen atoms in total. The number of aliphatic hydroxyl groups is 1. The SMILES string of the molecule is CCC(CC)(CO)CNCC(=O)O. The van der Waals surface area contributed by atoms with Gasteiger partial charge in [-0.2, -0.15) is 0 Å². The van der Waals surface area contributed by atoms with Gasteiger partial charge in [0.25, 0.3) is 0 Å². The maximum atomic E-state index is 10.2. The molecule has 0 aliphatic carbocycles. The van der Waals surface area contributed by atoms with E-state index < -0.39 is 5.97 Å². The summed E-state index contributed by atoms with van der Waals surface area (Å²) in [5.74, 6) is -0.862. The monoisotopic (exact) mass is 189 g/mol. The molecule has 0 aromatic heterocycles. The first-order valence-corrected chi connectivity index (χ1v) is 4.63. The maximum absolute atomic E-state index is 10.2. The molecule has 0 amide bonds. The number of nitrogens with one attached hydrogen (secondary N) is 1. The summed E-state index contributed by atoms with van der Waals surface area (Å²) in [7, 11) is 0. The van der Waals surface area contributed by atoms with Gasteiger partial charge in [-0.25, -0.2) is 0 Å². The summed E-state index contributed by atoms with van der Waals surface area (Å²) in [6.45, 7) is 4.63. The summed E-state index contributed by atoms with van der Waals surface area (Å²) in [5.41, 5.74) is -0.157. The van der Waals surface area contributed by atoms with Gasteiger partial charge in [0.2, 0.25) is 0 Å². The Hall–Kier alpha value is -0.610. The minimum atomic E-state index is -0.862. The molecule has 0 unspecified atom stereocenters. The van der Waals surface area contributed by atoms with Crippen molar-refractivity contribution in [2.45, 2.75) is 26.7 Å². The summed E-state index contributed by atoms with van der Waals surface area (Å²) in [6.07, 6.45) is 1.71. The quantitative estimate of drug-likeness (QED) is 0.544. The second-order valence-electron chi connectivity index (χ2n) is 3.36. The number of hydrogen-bond acceptors (Lipinski definition) is 3. The Kier molecular flexibility index (Phi) is 5.66. The average Bonchev–Trinajstić information content (AvgIpc) is 2.13. The number of carboxylic acid groups (broad SMARTS) is 1. The largest absolute Gasteiger partial charge is 0.480 e. The molecule has 13 heavy (non-hydrogen) atoms. The maximum Gasteiger partial charge on any atom is 0.317 e. The highest BCUT2D eigenvalue weighted by atomic mass is 16.4. The van der Waals surface area contributed by atoms with E-state index in [1.807, 2.05) is 13.8 Å². The van der Waals surface area contributed by atoms with Gasteiger partial charge in [-0.1, -0.05) is 13.8 Å². The van der Waals surface area contributed by atoms with Crippen LogP contribution in [0.4, 0.5) is 0 Å². The Morgan fingerprint density at radius 1 is 1.38 bits per heavy atom. The zero-order valence-corrected chi connectivity index (χ0v) is 8.34. The van der Waals surface area contributed by atoms with Gasteiger partial charge in [0.1, 0.15) is 0 Å². The molecule has 3 N–H and O–H groups in total. The van der Waals surface area contributed by atoms with Gasteiger partial charge in [-0.05, 0) is 12.8 Å². The molecule has 0 radical (unpaired) electrons. The summed E-state index contributed by atoms with van der Waals surface area (Å²) >= 11 is 0. The Morgan fingerprint density at radius 3 is 2.23 bits per heavy atom. The summed E-state index contributed by atoms with van der Waals surface area (Å²) in [6, 6.07) is 0. The highest BCUT2D eigenvalue weighted by Gasteiger charge is 2.24. The second-order valence-corrected chi connectivity index (χ2v) is 3.36. The lowest BCUT2D eigenvalue weighted by Crippen LogP contribution is -2.38. The van der Waals surface area contributed by atoms with Crippen LogP contribution in [-0.4, -0.2) is 35.9 Å². The third-order valence-electron chi connectivity index (χ3n) is 2.61. The zero-order valence-electron chi connectivity index (χ0n) is 8.34. The van der Waals surface area contributed by atoms with Crippen molar-refractivity contribution in [2.24, 2.45) is 5.41 Å². The van der Waals surface area contributed by atoms with Gasteiger partial charge >= 0.3 is 5.97 Å². The predicted octanol–water partition coefficient (Wildman–Crippen LogP) is 0.459. The van der Waals surface area contributed by atoms with Crippen LogP contribution in [0.5, 0.6) is 0 Å². The van der Waals surface area contributed by atoms with E-state index in [9.17, 15) is 4.79 Å². The summed E-state index contributed by atoms with van der Waals surface area (Å²) in [5, 5.41) is 20.4. The van der Waals surface area contributed by atoms with E-state index >= 15 is 0 Å². The van der Waals surface area contributed by atoms with Crippen molar-refractivity contribution in [1.82, 2.24) is 5.32 Å². The van der Waals surface area contributed by atoms with E-state index in [1.54, 1.807) is 0 Å². The van der Waals surface area contributed by atoms with Crippen molar-refractivity contribution < 1.29 is 15.0 Å². The van der Waals surface area contributed by atoms with Crippen LogP contribution in [0.25, 0.3) is 0 Å². The smallest absolute Gasteiger partial charge is 0.317 e. The molecule has 0 aliphatic rings. The number of aliphatic carboxylic acids is 1. The molecule has 0 bridgehead atoms. The Morgan fingerprint density at radius 2 is 1.92 bits per heavy atom. The van der Waals surface area contributed by atoms with Crippen molar-refractivity contribution in [3.63, 3.8) is 0 Å². The third kappa shape index (κ3) is 4.24. The molecule has 0 spiro atoms. The topological polar surface area (TPSA) is 69.6 Å². The van der Waals surface area contributed by atoms with Crippen LogP contribution in [0.2, 0.25) is 0 Å². The highest BCUT2D eigenvalue weighted by Crippen LogP contribution is 2.24. The van der Waals surface area contributed by atoms with Crippen LogP contribution in [0, 0.1) is 5.41 Å². The summed E-state index contributed by atoms with van der Waals surface area (Å²) in [4.78, 5) is 10.2. The van der Waals surface area contributed by atoms with Crippen LogP contribution in [-0.2, 0) is 4.79 Å². The van der Waals surface area contributed by atoms with Gasteiger partial charge in [0.15, 0.2) is 0 Å². The molecular weight excluding hydrogens is 170 g/mol. The van der Waals surface area contributed by atoms with E-state index in [0.29, 0.717) is 6.54 Å². The lowest BCUT2D eigenvalue weighted by molar-refractivity contribution is -0.136. The minimum Gasteiger partial charge on any atom is -0.480 e. The molecular formula is C9H19NO3. The molecule has 0 rings (SSSR count). The fourth-order valence-electron chi connectivity index (χ4n) is 1.21. The minimum absolute atomic E-state index is 0.0399. The standard InChI is InChI=1S/C9H19NO3/c1-3-9(4-2,7-11)6-10-5-8(12)13/h10-11H,3-7H2,1-2H3,(H,12,13). The third-order valence-corrected chi connectivity index (χ3v) is 2.61. The number of rotatable bonds is 7. The van der Waals surface area contributed by atoms with Gasteiger partial charge in [0.05, 0.1) is 6.54 Å². The van der Waals surface area contributed by atoms with Crippen molar-refractivity contribution in [3.05, 3.63) is 0 Å². The molecule has 0 heterocycles. The zero-order chi connectivity index (χ0) is 10.3. The number of aliphatic hydroxyl groups excluding tert-OH is 1. The second kappa shape index (κ2) is 5.94. The molecule has 0 saturated heterocycles. The van der Waals surface area contributed by atoms with E-state index in [0.717, 1.165) is 12.8 Å². The highest BCUT2D eigenvalue weighted by molar-refractivity contribution is 5.68. The van der Waals surface area contributed by atoms with Crippen molar-refractivity contribution in [1.29, 1.82) is 0 Å². The molecule has 0 fully saturated rings. The molecule has 0 atom stereocenters. The first-order chi connectivity index (χ1) is 6.10. The van der Waals surface area contributed by atoms with E-state index in [2.05, 4.69) is 5.32 Å². The van der Waals surface area contributed by atoms with Crippen LogP contribution >= 0.6 is 0 Å².